The average Bonchev–Trinajstić information content (AvgIpc) is 2.51. The molecule has 0 spiro atoms. The molecule has 1 aromatic heterocycles. The van der Waals surface area contributed by atoms with E-state index >= 15 is 0 Å². The Morgan fingerprint density at radius 1 is 1.62 bits per heavy atom. The highest BCUT2D eigenvalue weighted by Crippen LogP contribution is 2.10. The van der Waals surface area contributed by atoms with Gasteiger partial charge in [-0.05, 0) is 19.9 Å². The van der Waals surface area contributed by atoms with Crippen molar-refractivity contribution in [3.05, 3.63) is 16.1 Å². The van der Waals surface area contributed by atoms with Gasteiger partial charge in [0.15, 0.2) is 0 Å². The fourth-order valence-electron chi connectivity index (χ4n) is 1.04. The number of aryl methyl sites for hydroxylation is 1. The molecule has 74 valence electrons. The fourth-order valence-corrected chi connectivity index (χ4v) is 1.80. The van der Waals surface area contributed by atoms with E-state index in [1.54, 1.807) is 18.4 Å². The number of thiazole rings is 1. The first-order valence-corrected chi connectivity index (χ1v) is 5.25. The molecule has 0 saturated carbocycles. The van der Waals surface area contributed by atoms with Gasteiger partial charge in [-0.2, -0.15) is 0 Å². The van der Waals surface area contributed by atoms with E-state index in [4.69, 9.17) is 4.74 Å². The summed E-state index contributed by atoms with van der Waals surface area (Å²) in [5.41, 5.74) is 0. The van der Waals surface area contributed by atoms with Crippen molar-refractivity contribution < 1.29 is 4.74 Å². The molecule has 0 saturated heterocycles. The normalized spacial score (nSPS) is 10.6. The van der Waals surface area contributed by atoms with Crippen molar-refractivity contribution in [1.29, 1.82) is 0 Å². The summed E-state index contributed by atoms with van der Waals surface area (Å²) in [7, 11) is 1.73. The molecule has 13 heavy (non-hydrogen) atoms. The molecule has 0 radical (unpaired) electrons. The minimum Gasteiger partial charge on any atom is -0.385 e. The maximum atomic E-state index is 4.95. The van der Waals surface area contributed by atoms with Crippen LogP contribution in [0.15, 0.2) is 6.20 Å². The molecule has 1 N–H and O–H groups in total. The summed E-state index contributed by atoms with van der Waals surface area (Å²) in [5.74, 6) is 0. The Labute approximate surface area is 83.1 Å². The van der Waals surface area contributed by atoms with Crippen LogP contribution in [0.3, 0.4) is 0 Å². The van der Waals surface area contributed by atoms with Gasteiger partial charge in [0.05, 0.1) is 5.01 Å². The minimum absolute atomic E-state index is 0.828. The molecule has 0 fully saturated rings. The Kier molecular flexibility index (Phi) is 4.97. The van der Waals surface area contributed by atoms with E-state index in [0.29, 0.717) is 0 Å². The first-order chi connectivity index (χ1) is 6.33. The summed E-state index contributed by atoms with van der Waals surface area (Å²) in [4.78, 5) is 5.49. The lowest BCUT2D eigenvalue weighted by atomic mass is 10.4. The van der Waals surface area contributed by atoms with Gasteiger partial charge in [0, 0.05) is 31.3 Å². The number of methoxy groups -OCH3 is 1. The van der Waals surface area contributed by atoms with Crippen LogP contribution in [-0.4, -0.2) is 25.2 Å². The maximum Gasteiger partial charge on any atom is 0.0897 e. The molecule has 0 unspecified atom stereocenters. The summed E-state index contributed by atoms with van der Waals surface area (Å²) in [6, 6.07) is 0. The van der Waals surface area contributed by atoms with E-state index in [1.165, 1.54) is 4.88 Å². The molecule has 0 aliphatic carbocycles. The van der Waals surface area contributed by atoms with Gasteiger partial charge in [0.2, 0.25) is 0 Å². The molecule has 1 heterocycles. The molecule has 0 aliphatic heterocycles. The van der Waals surface area contributed by atoms with Crippen molar-refractivity contribution >= 4 is 11.3 Å². The maximum absolute atomic E-state index is 4.95. The smallest absolute Gasteiger partial charge is 0.0897 e. The first kappa shape index (κ1) is 10.6. The Morgan fingerprint density at radius 2 is 2.46 bits per heavy atom. The van der Waals surface area contributed by atoms with Crippen molar-refractivity contribution in [1.82, 2.24) is 10.3 Å². The van der Waals surface area contributed by atoms with Gasteiger partial charge in [0.25, 0.3) is 0 Å². The number of hydrogen-bond acceptors (Lipinski definition) is 4. The lowest BCUT2D eigenvalue weighted by molar-refractivity contribution is 0.194. The Morgan fingerprint density at radius 3 is 3.08 bits per heavy atom. The summed E-state index contributed by atoms with van der Waals surface area (Å²) in [5, 5.41) is 4.47. The van der Waals surface area contributed by atoms with Crippen molar-refractivity contribution in [2.75, 3.05) is 20.3 Å². The monoisotopic (exact) mass is 200 g/mol. The number of ether oxygens (including phenoxy) is 1. The largest absolute Gasteiger partial charge is 0.385 e. The second kappa shape index (κ2) is 6.07. The molecular weight excluding hydrogens is 184 g/mol. The molecule has 0 aliphatic rings. The Hall–Kier alpha value is -0.450. The zero-order valence-corrected chi connectivity index (χ0v) is 8.99. The number of nitrogens with one attached hydrogen (secondary N) is 1. The fraction of sp³-hybridized carbons (Fsp3) is 0.667. The van der Waals surface area contributed by atoms with Crippen LogP contribution in [-0.2, 0) is 11.3 Å². The lowest BCUT2D eigenvalue weighted by Crippen LogP contribution is -2.15. The standard InChI is InChI=1S/C9H16N2OS/c1-8-11-7-9(13-8)6-10-4-3-5-12-2/h7,10H,3-6H2,1-2H3. The topological polar surface area (TPSA) is 34.1 Å². The van der Waals surface area contributed by atoms with Crippen LogP contribution in [0.2, 0.25) is 0 Å². The summed E-state index contributed by atoms with van der Waals surface area (Å²) in [6.07, 6.45) is 3.00. The van der Waals surface area contributed by atoms with Crippen LogP contribution in [0.4, 0.5) is 0 Å². The SMILES string of the molecule is COCCCNCc1cnc(C)s1. The molecule has 3 nitrogen and oxygen atoms in total. The van der Waals surface area contributed by atoms with Gasteiger partial charge < -0.3 is 10.1 Å². The quantitative estimate of drug-likeness (QED) is 0.708. The highest BCUT2D eigenvalue weighted by molar-refractivity contribution is 7.11. The Balaban J connectivity index is 2.06. The van der Waals surface area contributed by atoms with E-state index < -0.39 is 0 Å². The highest BCUT2D eigenvalue weighted by atomic mass is 32.1. The molecule has 0 aromatic carbocycles. The predicted octanol–water partition coefficient (Wildman–Crippen LogP) is 1.58. The molecule has 0 atom stereocenters. The van der Waals surface area contributed by atoms with Crippen LogP contribution in [0.1, 0.15) is 16.3 Å². The molecular formula is C9H16N2OS. The summed E-state index contributed by atoms with van der Waals surface area (Å²) in [6.45, 7) is 4.79. The van der Waals surface area contributed by atoms with Crippen LogP contribution in [0.25, 0.3) is 0 Å². The number of aromatic nitrogens is 1. The van der Waals surface area contributed by atoms with E-state index in [0.717, 1.165) is 31.1 Å². The third kappa shape index (κ3) is 4.36. The highest BCUT2D eigenvalue weighted by Gasteiger charge is 1.96. The predicted molar refractivity (Wildman–Crippen MR) is 55.1 cm³/mol. The summed E-state index contributed by atoms with van der Waals surface area (Å²) < 4.78 is 4.95. The van der Waals surface area contributed by atoms with Crippen molar-refractivity contribution in [3.63, 3.8) is 0 Å². The molecule has 4 heteroatoms. The minimum atomic E-state index is 0.828. The average molecular weight is 200 g/mol. The van der Waals surface area contributed by atoms with Crippen LogP contribution in [0.5, 0.6) is 0 Å². The zero-order valence-electron chi connectivity index (χ0n) is 8.17. The van der Waals surface area contributed by atoms with E-state index in [1.807, 2.05) is 13.1 Å². The van der Waals surface area contributed by atoms with Crippen LogP contribution >= 0.6 is 11.3 Å². The second-order valence-electron chi connectivity index (χ2n) is 2.87. The van der Waals surface area contributed by atoms with Gasteiger partial charge in [-0.15, -0.1) is 11.3 Å². The van der Waals surface area contributed by atoms with E-state index in [2.05, 4.69) is 10.3 Å². The molecule has 0 bridgehead atoms. The van der Waals surface area contributed by atoms with Crippen molar-refractivity contribution in [2.45, 2.75) is 19.9 Å². The first-order valence-electron chi connectivity index (χ1n) is 4.44. The zero-order chi connectivity index (χ0) is 9.52. The van der Waals surface area contributed by atoms with Gasteiger partial charge in [-0.3, -0.25) is 0 Å². The van der Waals surface area contributed by atoms with Crippen molar-refractivity contribution in [3.8, 4) is 0 Å². The summed E-state index contributed by atoms with van der Waals surface area (Å²) >= 11 is 1.75. The van der Waals surface area contributed by atoms with Gasteiger partial charge >= 0.3 is 0 Å². The van der Waals surface area contributed by atoms with Gasteiger partial charge in [0.1, 0.15) is 0 Å². The van der Waals surface area contributed by atoms with Gasteiger partial charge in [-0.25, -0.2) is 4.98 Å². The van der Waals surface area contributed by atoms with E-state index in [-0.39, 0.29) is 0 Å². The lowest BCUT2D eigenvalue weighted by Gasteiger charge is -2.01. The van der Waals surface area contributed by atoms with Crippen molar-refractivity contribution in [2.24, 2.45) is 0 Å². The number of nitrogens with zero attached hydrogens (tertiary/aromatic N) is 1. The van der Waals surface area contributed by atoms with E-state index in [9.17, 15) is 0 Å². The second-order valence-corrected chi connectivity index (χ2v) is 4.19. The number of hydrogen-bond donors (Lipinski definition) is 1. The molecule has 0 amide bonds. The van der Waals surface area contributed by atoms with Gasteiger partial charge in [-0.1, -0.05) is 0 Å². The van der Waals surface area contributed by atoms with Crippen LogP contribution in [0, 0.1) is 6.92 Å². The van der Waals surface area contributed by atoms with Crippen LogP contribution < -0.4 is 5.32 Å². The third-order valence-electron chi connectivity index (χ3n) is 1.67. The Bertz CT molecular complexity index is 237. The molecule has 1 aromatic rings. The molecule has 1 rings (SSSR count). The number of rotatable bonds is 6. The third-order valence-corrected chi connectivity index (χ3v) is 2.58.